The number of nitrogens with one attached hydrogen (secondary N) is 2. The van der Waals surface area contributed by atoms with Crippen molar-refractivity contribution in [2.45, 2.75) is 20.3 Å². The zero-order valence-corrected chi connectivity index (χ0v) is 16.9. The molecule has 0 fully saturated rings. The van der Waals surface area contributed by atoms with E-state index in [0.29, 0.717) is 40.7 Å². The molecule has 0 aliphatic rings. The third-order valence-corrected chi connectivity index (χ3v) is 4.69. The van der Waals surface area contributed by atoms with Crippen molar-refractivity contribution >= 4 is 34.4 Å². The quantitative estimate of drug-likeness (QED) is 0.410. The van der Waals surface area contributed by atoms with Crippen molar-refractivity contribution in [3.05, 3.63) is 77.9 Å². The molecule has 2 N–H and O–H groups in total. The molecule has 0 atom stereocenters. The van der Waals surface area contributed by atoms with E-state index in [9.17, 15) is 4.79 Å². The summed E-state index contributed by atoms with van der Waals surface area (Å²) in [6.45, 7) is 4.50. The van der Waals surface area contributed by atoms with Gasteiger partial charge in [0.05, 0.1) is 12.2 Å². The monoisotopic (exact) mass is 401 g/mol. The number of amides is 1. The lowest BCUT2D eigenvalue weighted by atomic mass is 10.1. The van der Waals surface area contributed by atoms with Crippen LogP contribution in [0.1, 0.15) is 29.8 Å². The zero-order chi connectivity index (χ0) is 20.9. The Morgan fingerprint density at radius 2 is 1.77 bits per heavy atom. The van der Waals surface area contributed by atoms with Crippen molar-refractivity contribution in [3.8, 4) is 5.75 Å². The summed E-state index contributed by atoms with van der Waals surface area (Å²) in [7, 11) is 0. The Labute approximate surface area is 174 Å². The summed E-state index contributed by atoms with van der Waals surface area (Å²) >= 11 is 0. The van der Waals surface area contributed by atoms with Gasteiger partial charge in [-0.15, -0.1) is 0 Å². The number of aromatic nitrogens is 1. The maximum atomic E-state index is 12.7. The molecule has 0 radical (unpaired) electrons. The predicted molar refractivity (Wildman–Crippen MR) is 119 cm³/mol. The summed E-state index contributed by atoms with van der Waals surface area (Å²) in [5.41, 5.74) is 4.57. The van der Waals surface area contributed by atoms with Gasteiger partial charge < -0.3 is 19.8 Å². The Morgan fingerprint density at radius 1 is 1.00 bits per heavy atom. The Balaban J connectivity index is 1.51. The highest BCUT2D eigenvalue weighted by Gasteiger charge is 2.13. The summed E-state index contributed by atoms with van der Waals surface area (Å²) < 4.78 is 11.3. The van der Waals surface area contributed by atoms with Gasteiger partial charge in [-0.2, -0.15) is 4.98 Å². The number of anilines is 3. The van der Waals surface area contributed by atoms with Crippen molar-refractivity contribution in [1.29, 1.82) is 0 Å². The molecule has 0 spiro atoms. The lowest BCUT2D eigenvalue weighted by molar-refractivity contribution is 0.102. The largest absolute Gasteiger partial charge is 0.493 e. The van der Waals surface area contributed by atoms with Gasteiger partial charge in [0, 0.05) is 11.4 Å². The van der Waals surface area contributed by atoms with Gasteiger partial charge in [-0.25, -0.2) is 0 Å². The molecule has 0 unspecified atom stereocenters. The second-order valence-corrected chi connectivity index (χ2v) is 6.76. The minimum absolute atomic E-state index is 0.240. The number of benzene rings is 3. The summed E-state index contributed by atoms with van der Waals surface area (Å²) in [4.78, 5) is 17.2. The number of carbonyl (C=O) groups excluding carboxylic acids is 1. The highest BCUT2D eigenvalue weighted by atomic mass is 16.5. The van der Waals surface area contributed by atoms with Crippen LogP contribution in [0.4, 0.5) is 17.4 Å². The SMILES string of the molecule is CCOc1ccccc1C(=O)Nc1ccc2oc(Nc3ccc(CC)cc3)nc2c1. The van der Waals surface area contributed by atoms with E-state index in [1.54, 1.807) is 30.3 Å². The molecule has 0 bridgehead atoms. The minimum Gasteiger partial charge on any atom is -0.493 e. The molecule has 3 aromatic carbocycles. The normalized spacial score (nSPS) is 10.7. The molecule has 30 heavy (non-hydrogen) atoms. The van der Waals surface area contributed by atoms with E-state index in [2.05, 4.69) is 34.7 Å². The van der Waals surface area contributed by atoms with E-state index in [1.165, 1.54) is 5.56 Å². The number of para-hydroxylation sites is 1. The molecule has 6 heteroatoms. The Bertz CT molecular complexity index is 1170. The summed E-state index contributed by atoms with van der Waals surface area (Å²) in [6, 6.07) is 21.1. The van der Waals surface area contributed by atoms with Crippen molar-refractivity contribution in [3.63, 3.8) is 0 Å². The number of nitrogens with zero attached hydrogens (tertiary/aromatic N) is 1. The van der Waals surface area contributed by atoms with E-state index in [0.717, 1.165) is 12.1 Å². The number of fused-ring (bicyclic) bond motifs is 1. The van der Waals surface area contributed by atoms with Crippen LogP contribution >= 0.6 is 0 Å². The van der Waals surface area contributed by atoms with Crippen molar-refractivity contribution in [1.82, 2.24) is 4.98 Å². The van der Waals surface area contributed by atoms with Crippen molar-refractivity contribution in [2.75, 3.05) is 17.2 Å². The average molecular weight is 401 g/mol. The highest BCUT2D eigenvalue weighted by molar-refractivity contribution is 6.06. The van der Waals surface area contributed by atoms with E-state index in [-0.39, 0.29) is 5.91 Å². The van der Waals surface area contributed by atoms with Crippen molar-refractivity contribution < 1.29 is 13.9 Å². The van der Waals surface area contributed by atoms with Crippen LogP contribution in [-0.2, 0) is 6.42 Å². The molecular formula is C24H23N3O3. The van der Waals surface area contributed by atoms with Crippen LogP contribution in [0.15, 0.2) is 71.1 Å². The Hall–Kier alpha value is -3.80. The molecular weight excluding hydrogens is 378 g/mol. The summed E-state index contributed by atoms with van der Waals surface area (Å²) in [5.74, 6) is 0.317. The van der Waals surface area contributed by atoms with Crippen LogP contribution in [0.2, 0.25) is 0 Å². The second kappa shape index (κ2) is 8.69. The van der Waals surface area contributed by atoms with Gasteiger partial charge in [-0.1, -0.05) is 31.2 Å². The van der Waals surface area contributed by atoms with E-state index in [4.69, 9.17) is 9.15 Å². The van der Waals surface area contributed by atoms with Gasteiger partial charge >= 0.3 is 0 Å². The number of carbonyl (C=O) groups is 1. The molecule has 0 saturated carbocycles. The number of hydrogen-bond acceptors (Lipinski definition) is 5. The van der Waals surface area contributed by atoms with Gasteiger partial charge in [0.2, 0.25) is 0 Å². The van der Waals surface area contributed by atoms with Crippen LogP contribution in [0.25, 0.3) is 11.1 Å². The third-order valence-electron chi connectivity index (χ3n) is 4.69. The first-order valence-corrected chi connectivity index (χ1v) is 9.96. The first-order chi connectivity index (χ1) is 14.7. The summed E-state index contributed by atoms with van der Waals surface area (Å²) in [6.07, 6.45) is 0.993. The van der Waals surface area contributed by atoms with Crippen molar-refractivity contribution in [2.24, 2.45) is 0 Å². The molecule has 4 aromatic rings. The molecule has 4 rings (SSSR count). The molecule has 1 amide bonds. The van der Waals surface area contributed by atoms with Crippen LogP contribution in [0.3, 0.4) is 0 Å². The number of ether oxygens (including phenoxy) is 1. The predicted octanol–water partition coefficient (Wildman–Crippen LogP) is 5.78. The smallest absolute Gasteiger partial charge is 0.300 e. The van der Waals surface area contributed by atoms with E-state index >= 15 is 0 Å². The van der Waals surface area contributed by atoms with E-state index in [1.807, 2.05) is 31.2 Å². The maximum Gasteiger partial charge on any atom is 0.300 e. The molecule has 1 heterocycles. The average Bonchev–Trinajstić information content (AvgIpc) is 3.16. The lowest BCUT2D eigenvalue weighted by Crippen LogP contribution is -2.13. The molecule has 152 valence electrons. The first-order valence-electron chi connectivity index (χ1n) is 9.96. The molecule has 6 nitrogen and oxygen atoms in total. The van der Waals surface area contributed by atoms with E-state index < -0.39 is 0 Å². The fourth-order valence-electron chi connectivity index (χ4n) is 3.14. The fraction of sp³-hybridized carbons (Fsp3) is 0.167. The van der Waals surface area contributed by atoms with Gasteiger partial charge in [0.15, 0.2) is 5.58 Å². The Kier molecular flexibility index (Phi) is 5.66. The van der Waals surface area contributed by atoms with Crippen LogP contribution in [0, 0.1) is 0 Å². The third kappa shape index (κ3) is 4.27. The topological polar surface area (TPSA) is 76.4 Å². The van der Waals surface area contributed by atoms with Crippen LogP contribution in [-0.4, -0.2) is 17.5 Å². The molecule has 0 aliphatic carbocycles. The van der Waals surface area contributed by atoms with Crippen LogP contribution in [0.5, 0.6) is 5.75 Å². The molecule has 1 aromatic heterocycles. The summed E-state index contributed by atoms with van der Waals surface area (Å²) in [5, 5.41) is 6.07. The second-order valence-electron chi connectivity index (χ2n) is 6.76. The number of rotatable bonds is 7. The van der Waals surface area contributed by atoms with Gasteiger partial charge in [0.1, 0.15) is 11.3 Å². The van der Waals surface area contributed by atoms with Gasteiger partial charge in [-0.3, -0.25) is 4.79 Å². The van der Waals surface area contributed by atoms with Gasteiger partial charge in [0.25, 0.3) is 11.9 Å². The lowest BCUT2D eigenvalue weighted by Gasteiger charge is -2.10. The highest BCUT2D eigenvalue weighted by Crippen LogP contribution is 2.26. The number of aryl methyl sites for hydroxylation is 1. The Morgan fingerprint density at radius 3 is 2.53 bits per heavy atom. The maximum absolute atomic E-state index is 12.7. The fourth-order valence-corrected chi connectivity index (χ4v) is 3.14. The molecule has 0 saturated heterocycles. The van der Waals surface area contributed by atoms with Gasteiger partial charge in [-0.05, 0) is 61.4 Å². The minimum atomic E-state index is -0.240. The number of hydrogen-bond donors (Lipinski definition) is 2. The standard InChI is InChI=1S/C24H23N3O3/c1-3-16-9-11-17(12-10-16)26-24-27-20-15-18(13-14-22(20)30-24)25-23(28)19-7-5-6-8-21(19)29-4-2/h5-15H,3-4H2,1-2H3,(H,25,28)(H,26,27). The first kappa shape index (κ1) is 19.5. The zero-order valence-electron chi connectivity index (χ0n) is 16.9. The molecule has 0 aliphatic heterocycles. The van der Waals surface area contributed by atoms with Crippen LogP contribution < -0.4 is 15.4 Å². The number of oxazole rings is 1.